The van der Waals surface area contributed by atoms with Crippen molar-refractivity contribution in [2.75, 3.05) is 31.6 Å². The molecule has 0 spiro atoms. The van der Waals surface area contributed by atoms with Crippen LogP contribution in [0.3, 0.4) is 0 Å². The lowest BCUT2D eigenvalue weighted by Gasteiger charge is -2.34. The van der Waals surface area contributed by atoms with Gasteiger partial charge in [0.15, 0.2) is 5.69 Å². The Balaban J connectivity index is 1.30. The van der Waals surface area contributed by atoms with E-state index in [-0.39, 0.29) is 18.1 Å². The van der Waals surface area contributed by atoms with Gasteiger partial charge in [0.1, 0.15) is 0 Å². The summed E-state index contributed by atoms with van der Waals surface area (Å²) >= 11 is 0. The van der Waals surface area contributed by atoms with Gasteiger partial charge >= 0.3 is 0 Å². The van der Waals surface area contributed by atoms with Gasteiger partial charge in [0, 0.05) is 56.7 Å². The average molecular weight is 398 g/mol. The smallest absolute Gasteiger partial charge is 0.274 e. The summed E-state index contributed by atoms with van der Waals surface area (Å²) in [5.41, 5.74) is 3.79. The second kappa shape index (κ2) is 8.53. The zero-order chi connectivity index (χ0) is 20.4. The first-order valence-electron chi connectivity index (χ1n) is 10.7. The molecule has 1 fully saturated rings. The lowest BCUT2D eigenvalue weighted by Crippen LogP contribution is -2.36. The molecule has 0 bridgehead atoms. The molecule has 2 atom stereocenters. The maximum absolute atomic E-state index is 13.0. The highest BCUT2D eigenvalue weighted by molar-refractivity contribution is 5.94. The summed E-state index contributed by atoms with van der Waals surface area (Å²) in [5, 5.41) is 7.36. The van der Waals surface area contributed by atoms with Gasteiger partial charge in [-0.05, 0) is 51.2 Å². The minimum atomic E-state index is -0.0429. The van der Waals surface area contributed by atoms with Crippen molar-refractivity contribution in [2.45, 2.75) is 51.7 Å². The van der Waals surface area contributed by atoms with Crippen LogP contribution in [-0.2, 0) is 11.2 Å². The molecule has 0 radical (unpaired) electrons. The first-order valence-corrected chi connectivity index (χ1v) is 10.7. The van der Waals surface area contributed by atoms with E-state index in [1.807, 2.05) is 38.2 Å². The Morgan fingerprint density at radius 3 is 2.72 bits per heavy atom. The Bertz CT molecular complexity index is 829. The number of aromatic nitrogens is 3. The van der Waals surface area contributed by atoms with E-state index in [0.29, 0.717) is 11.6 Å². The first-order chi connectivity index (χ1) is 14.0. The number of carbonyl (C=O) groups excluding carboxylic acids is 1. The SMILES string of the molecule is C[C@@H]1Cc2c(C(=O)N(C)CCC3CCN(c4ccncc4)CC3)n[nH]c2[C@H](C)O1. The molecule has 29 heavy (non-hydrogen) atoms. The number of piperidine rings is 1. The summed E-state index contributed by atoms with van der Waals surface area (Å²) in [7, 11) is 1.89. The molecule has 0 unspecified atom stereocenters. The fourth-order valence-electron chi connectivity index (χ4n) is 4.54. The third kappa shape index (κ3) is 4.29. The van der Waals surface area contributed by atoms with Crippen molar-refractivity contribution in [1.82, 2.24) is 20.1 Å². The Labute approximate surface area is 172 Å². The highest BCUT2D eigenvalue weighted by atomic mass is 16.5. The van der Waals surface area contributed by atoms with E-state index < -0.39 is 0 Å². The summed E-state index contributed by atoms with van der Waals surface area (Å²) in [4.78, 5) is 21.3. The number of carbonyl (C=O) groups is 1. The van der Waals surface area contributed by atoms with Crippen LogP contribution in [-0.4, -0.2) is 58.8 Å². The molecule has 2 aromatic rings. The largest absolute Gasteiger partial charge is 0.371 e. The summed E-state index contributed by atoms with van der Waals surface area (Å²) < 4.78 is 5.83. The van der Waals surface area contributed by atoms with Gasteiger partial charge in [-0.3, -0.25) is 14.9 Å². The number of hydrogen-bond donors (Lipinski definition) is 1. The van der Waals surface area contributed by atoms with Crippen LogP contribution in [0.25, 0.3) is 0 Å². The maximum atomic E-state index is 13.0. The third-order valence-electron chi connectivity index (χ3n) is 6.30. The van der Waals surface area contributed by atoms with Crippen molar-refractivity contribution < 1.29 is 9.53 Å². The summed E-state index contributed by atoms with van der Waals surface area (Å²) in [6.07, 6.45) is 7.86. The van der Waals surface area contributed by atoms with E-state index in [0.717, 1.165) is 56.6 Å². The number of aromatic amines is 1. The molecule has 0 aromatic carbocycles. The minimum absolute atomic E-state index is 0.0121. The van der Waals surface area contributed by atoms with E-state index in [1.165, 1.54) is 5.69 Å². The molecule has 2 aromatic heterocycles. The van der Waals surface area contributed by atoms with Crippen LogP contribution in [0.15, 0.2) is 24.5 Å². The molecule has 4 rings (SSSR count). The molecule has 2 aliphatic heterocycles. The maximum Gasteiger partial charge on any atom is 0.274 e. The van der Waals surface area contributed by atoms with Gasteiger partial charge in [0.25, 0.3) is 5.91 Å². The number of amides is 1. The minimum Gasteiger partial charge on any atom is -0.371 e. The zero-order valence-electron chi connectivity index (χ0n) is 17.6. The van der Waals surface area contributed by atoms with Gasteiger partial charge in [0.2, 0.25) is 0 Å². The van der Waals surface area contributed by atoms with Gasteiger partial charge in [-0.15, -0.1) is 0 Å². The topological polar surface area (TPSA) is 74.4 Å². The fourth-order valence-corrected chi connectivity index (χ4v) is 4.54. The highest BCUT2D eigenvalue weighted by Gasteiger charge is 2.31. The Morgan fingerprint density at radius 2 is 2.00 bits per heavy atom. The molecule has 1 saturated heterocycles. The number of ether oxygens (including phenoxy) is 1. The number of nitrogens with zero attached hydrogens (tertiary/aromatic N) is 4. The second-order valence-corrected chi connectivity index (χ2v) is 8.41. The summed E-state index contributed by atoms with van der Waals surface area (Å²) in [5.74, 6) is 0.669. The summed E-state index contributed by atoms with van der Waals surface area (Å²) in [6.45, 7) is 6.94. The van der Waals surface area contributed by atoms with Crippen molar-refractivity contribution in [3.8, 4) is 0 Å². The number of fused-ring (bicyclic) bond motifs is 1. The van der Waals surface area contributed by atoms with E-state index in [9.17, 15) is 4.79 Å². The zero-order valence-corrected chi connectivity index (χ0v) is 17.6. The molecule has 156 valence electrons. The van der Waals surface area contributed by atoms with E-state index in [4.69, 9.17) is 4.74 Å². The van der Waals surface area contributed by atoms with Gasteiger partial charge in [0.05, 0.1) is 17.9 Å². The number of H-pyrrole nitrogens is 1. The quantitative estimate of drug-likeness (QED) is 0.839. The van der Waals surface area contributed by atoms with Gasteiger partial charge in [-0.1, -0.05) is 0 Å². The van der Waals surface area contributed by atoms with Gasteiger partial charge in [-0.2, -0.15) is 5.10 Å². The van der Waals surface area contributed by atoms with Gasteiger partial charge < -0.3 is 14.5 Å². The van der Waals surface area contributed by atoms with Crippen molar-refractivity contribution in [3.05, 3.63) is 41.5 Å². The number of hydrogen-bond acceptors (Lipinski definition) is 5. The van der Waals surface area contributed by atoms with Crippen molar-refractivity contribution in [1.29, 1.82) is 0 Å². The number of nitrogens with one attached hydrogen (secondary N) is 1. The lowest BCUT2D eigenvalue weighted by atomic mass is 9.93. The normalized spacial score (nSPS) is 22.4. The monoisotopic (exact) mass is 397 g/mol. The van der Waals surface area contributed by atoms with Crippen LogP contribution in [0.2, 0.25) is 0 Å². The van der Waals surface area contributed by atoms with Crippen LogP contribution >= 0.6 is 0 Å². The Kier molecular flexibility index (Phi) is 5.85. The van der Waals surface area contributed by atoms with Gasteiger partial charge in [-0.25, -0.2) is 0 Å². The fraction of sp³-hybridized carbons (Fsp3) is 0.591. The molecule has 0 aliphatic carbocycles. The highest BCUT2D eigenvalue weighted by Crippen LogP contribution is 2.31. The van der Waals surface area contributed by atoms with E-state index in [1.54, 1.807) is 0 Å². The standard InChI is InChI=1S/C22H31N5O2/c1-15-14-19-20(16(2)29-15)24-25-21(19)22(28)26(3)11-6-17-7-12-27(13-8-17)18-4-9-23-10-5-18/h4-5,9-10,15-17H,6-8,11-14H2,1-3H3,(H,24,25)/t15-,16+/m1/s1. The van der Waals surface area contributed by atoms with Crippen molar-refractivity contribution in [2.24, 2.45) is 5.92 Å². The van der Waals surface area contributed by atoms with Crippen LogP contribution in [0, 0.1) is 5.92 Å². The predicted octanol–water partition coefficient (Wildman–Crippen LogP) is 3.21. The van der Waals surface area contributed by atoms with E-state index in [2.05, 4.69) is 32.2 Å². The molecule has 2 aliphatic rings. The molecule has 7 heteroatoms. The van der Waals surface area contributed by atoms with Crippen molar-refractivity contribution in [3.63, 3.8) is 0 Å². The number of rotatable bonds is 5. The van der Waals surface area contributed by atoms with Crippen LogP contribution in [0.4, 0.5) is 5.69 Å². The molecular formula is C22H31N5O2. The molecule has 1 N–H and O–H groups in total. The number of pyridine rings is 1. The predicted molar refractivity (Wildman–Crippen MR) is 112 cm³/mol. The van der Waals surface area contributed by atoms with Crippen LogP contribution in [0.1, 0.15) is 61.0 Å². The average Bonchev–Trinajstić information content (AvgIpc) is 3.16. The summed E-state index contributed by atoms with van der Waals surface area (Å²) in [6, 6.07) is 4.15. The van der Waals surface area contributed by atoms with Crippen molar-refractivity contribution >= 4 is 11.6 Å². The van der Waals surface area contributed by atoms with Crippen LogP contribution < -0.4 is 4.90 Å². The third-order valence-corrected chi connectivity index (χ3v) is 6.30. The Morgan fingerprint density at radius 1 is 1.28 bits per heavy atom. The first kappa shape index (κ1) is 19.9. The molecule has 7 nitrogen and oxygen atoms in total. The molecule has 4 heterocycles. The Hall–Kier alpha value is -2.41. The number of anilines is 1. The molecule has 1 amide bonds. The van der Waals surface area contributed by atoms with Crippen LogP contribution in [0.5, 0.6) is 0 Å². The lowest BCUT2D eigenvalue weighted by molar-refractivity contribution is -0.00701. The molecule has 0 saturated carbocycles. The second-order valence-electron chi connectivity index (χ2n) is 8.41. The van der Waals surface area contributed by atoms with E-state index >= 15 is 0 Å². The molecular weight excluding hydrogens is 366 g/mol.